The number of nitrogens with zero attached hydrogens (tertiary/aromatic N) is 1. The summed E-state index contributed by atoms with van der Waals surface area (Å²) in [6, 6.07) is 0. The summed E-state index contributed by atoms with van der Waals surface area (Å²) < 4.78 is 9.93. The molecule has 108 valence electrons. The number of amides is 1. The van der Waals surface area contributed by atoms with E-state index in [4.69, 9.17) is 4.74 Å². The highest BCUT2D eigenvalue weighted by atomic mass is 16.5. The summed E-state index contributed by atoms with van der Waals surface area (Å²) in [6.07, 6.45) is 3.23. The second-order valence-corrected chi connectivity index (χ2v) is 4.18. The van der Waals surface area contributed by atoms with E-state index in [0.717, 1.165) is 45.3 Å². The van der Waals surface area contributed by atoms with Crippen molar-refractivity contribution in [2.45, 2.75) is 13.3 Å². The third-order valence-electron chi connectivity index (χ3n) is 2.71. The first-order valence-corrected chi connectivity index (χ1v) is 6.65. The molecule has 0 aromatic rings. The Balaban J connectivity index is 2.04. The van der Waals surface area contributed by atoms with Crippen molar-refractivity contribution < 1.29 is 19.1 Å². The van der Waals surface area contributed by atoms with Crippen LogP contribution in [0.2, 0.25) is 0 Å². The van der Waals surface area contributed by atoms with Crippen molar-refractivity contribution in [2.75, 3.05) is 46.0 Å². The molecule has 1 aliphatic heterocycles. The lowest BCUT2D eigenvalue weighted by atomic mass is 10.3. The SMILES string of the molecule is CCOC(=O)C=CC(=O)NCCCN1CCOCC1. The Bertz CT molecular complexity index is 312. The van der Waals surface area contributed by atoms with Gasteiger partial charge in [0.15, 0.2) is 0 Å². The molecule has 6 nitrogen and oxygen atoms in total. The van der Waals surface area contributed by atoms with Crippen LogP contribution in [0.15, 0.2) is 12.2 Å². The average Bonchev–Trinajstić information content (AvgIpc) is 2.43. The van der Waals surface area contributed by atoms with Crippen LogP contribution in [-0.4, -0.2) is 62.8 Å². The molecule has 1 N–H and O–H groups in total. The number of esters is 1. The number of rotatable bonds is 7. The van der Waals surface area contributed by atoms with E-state index in [9.17, 15) is 9.59 Å². The predicted molar refractivity (Wildman–Crippen MR) is 70.7 cm³/mol. The first kappa shape index (κ1) is 15.7. The molecular weight excluding hydrogens is 248 g/mol. The summed E-state index contributed by atoms with van der Waals surface area (Å²) in [7, 11) is 0. The van der Waals surface area contributed by atoms with Crippen LogP contribution in [0.4, 0.5) is 0 Å². The molecule has 0 aliphatic carbocycles. The van der Waals surface area contributed by atoms with Crippen LogP contribution in [0.5, 0.6) is 0 Å². The highest BCUT2D eigenvalue weighted by Gasteiger charge is 2.09. The standard InChI is InChI=1S/C13H22N2O4/c1-2-19-13(17)5-4-12(16)14-6-3-7-15-8-10-18-11-9-15/h4-5H,2-3,6-11H2,1H3,(H,14,16). The van der Waals surface area contributed by atoms with Crippen molar-refractivity contribution in [1.82, 2.24) is 10.2 Å². The van der Waals surface area contributed by atoms with E-state index in [-0.39, 0.29) is 5.91 Å². The summed E-state index contributed by atoms with van der Waals surface area (Å²) in [5.41, 5.74) is 0. The largest absolute Gasteiger partial charge is 0.463 e. The molecule has 1 saturated heterocycles. The molecule has 0 unspecified atom stereocenters. The van der Waals surface area contributed by atoms with Gasteiger partial charge in [-0.2, -0.15) is 0 Å². The number of hydrogen-bond acceptors (Lipinski definition) is 5. The van der Waals surface area contributed by atoms with Gasteiger partial charge in [-0.15, -0.1) is 0 Å². The topological polar surface area (TPSA) is 67.9 Å². The smallest absolute Gasteiger partial charge is 0.330 e. The molecule has 0 saturated carbocycles. The zero-order valence-corrected chi connectivity index (χ0v) is 11.4. The van der Waals surface area contributed by atoms with Gasteiger partial charge in [-0.05, 0) is 19.9 Å². The highest BCUT2D eigenvalue weighted by Crippen LogP contribution is 1.97. The molecule has 0 spiro atoms. The Labute approximate surface area is 113 Å². The van der Waals surface area contributed by atoms with Gasteiger partial charge in [-0.1, -0.05) is 0 Å². The van der Waals surface area contributed by atoms with Gasteiger partial charge in [0.05, 0.1) is 19.8 Å². The minimum atomic E-state index is -0.494. The minimum Gasteiger partial charge on any atom is -0.463 e. The minimum absolute atomic E-state index is 0.268. The number of carbonyl (C=O) groups is 2. The number of nitrogens with one attached hydrogen (secondary N) is 1. The lowest BCUT2D eigenvalue weighted by Gasteiger charge is -2.26. The lowest BCUT2D eigenvalue weighted by molar-refractivity contribution is -0.137. The molecule has 1 aliphatic rings. The highest BCUT2D eigenvalue weighted by molar-refractivity contribution is 5.94. The van der Waals surface area contributed by atoms with Gasteiger partial charge in [0.1, 0.15) is 0 Å². The molecule has 1 fully saturated rings. The van der Waals surface area contributed by atoms with Crippen molar-refractivity contribution in [2.24, 2.45) is 0 Å². The summed E-state index contributed by atoms with van der Waals surface area (Å²) in [5.74, 6) is -0.763. The molecule has 0 aromatic carbocycles. The summed E-state index contributed by atoms with van der Waals surface area (Å²) in [4.78, 5) is 24.6. The maximum absolute atomic E-state index is 11.4. The van der Waals surface area contributed by atoms with E-state index in [1.165, 1.54) is 6.08 Å². The Kier molecular flexibility index (Phi) is 7.84. The lowest BCUT2D eigenvalue weighted by Crippen LogP contribution is -2.38. The third-order valence-corrected chi connectivity index (χ3v) is 2.71. The monoisotopic (exact) mass is 270 g/mol. The molecule has 0 radical (unpaired) electrons. The Morgan fingerprint density at radius 1 is 1.32 bits per heavy atom. The zero-order valence-electron chi connectivity index (χ0n) is 11.4. The number of hydrogen-bond donors (Lipinski definition) is 1. The van der Waals surface area contributed by atoms with Gasteiger partial charge in [0.2, 0.25) is 5.91 Å². The van der Waals surface area contributed by atoms with Crippen LogP contribution in [0.1, 0.15) is 13.3 Å². The predicted octanol–water partition coefficient (Wildman–Crippen LogP) is -0.0558. The van der Waals surface area contributed by atoms with Crippen molar-refractivity contribution in [1.29, 1.82) is 0 Å². The van der Waals surface area contributed by atoms with Crippen LogP contribution in [0.3, 0.4) is 0 Å². The Hall–Kier alpha value is -1.40. The van der Waals surface area contributed by atoms with E-state index in [2.05, 4.69) is 15.0 Å². The molecule has 1 amide bonds. The zero-order chi connectivity index (χ0) is 13.9. The van der Waals surface area contributed by atoms with Gasteiger partial charge in [0.25, 0.3) is 0 Å². The fraction of sp³-hybridized carbons (Fsp3) is 0.692. The molecule has 0 bridgehead atoms. The van der Waals surface area contributed by atoms with E-state index in [1.54, 1.807) is 6.92 Å². The fourth-order valence-corrected chi connectivity index (χ4v) is 1.73. The van der Waals surface area contributed by atoms with Gasteiger partial charge < -0.3 is 14.8 Å². The normalized spacial score (nSPS) is 16.5. The van der Waals surface area contributed by atoms with Gasteiger partial charge in [0, 0.05) is 31.8 Å². The third kappa shape index (κ3) is 7.58. The van der Waals surface area contributed by atoms with E-state index < -0.39 is 5.97 Å². The first-order chi connectivity index (χ1) is 9.22. The second-order valence-electron chi connectivity index (χ2n) is 4.18. The van der Waals surface area contributed by atoms with Crippen LogP contribution in [-0.2, 0) is 19.1 Å². The molecular formula is C13H22N2O4. The number of ether oxygens (including phenoxy) is 2. The Morgan fingerprint density at radius 3 is 2.74 bits per heavy atom. The van der Waals surface area contributed by atoms with Crippen LogP contribution in [0.25, 0.3) is 0 Å². The van der Waals surface area contributed by atoms with Gasteiger partial charge in [-0.3, -0.25) is 9.69 Å². The van der Waals surface area contributed by atoms with E-state index in [0.29, 0.717) is 13.2 Å². The van der Waals surface area contributed by atoms with Crippen molar-refractivity contribution in [3.05, 3.63) is 12.2 Å². The van der Waals surface area contributed by atoms with Crippen LogP contribution < -0.4 is 5.32 Å². The van der Waals surface area contributed by atoms with Gasteiger partial charge >= 0.3 is 5.97 Å². The quantitative estimate of drug-likeness (QED) is 0.399. The summed E-state index contributed by atoms with van der Waals surface area (Å²) >= 11 is 0. The number of morpholine rings is 1. The van der Waals surface area contributed by atoms with E-state index >= 15 is 0 Å². The average molecular weight is 270 g/mol. The molecule has 19 heavy (non-hydrogen) atoms. The molecule has 1 rings (SSSR count). The maximum atomic E-state index is 11.4. The Morgan fingerprint density at radius 2 is 2.05 bits per heavy atom. The van der Waals surface area contributed by atoms with Crippen LogP contribution in [0, 0.1) is 0 Å². The van der Waals surface area contributed by atoms with Gasteiger partial charge in [-0.25, -0.2) is 4.79 Å². The molecule has 6 heteroatoms. The molecule has 1 heterocycles. The van der Waals surface area contributed by atoms with E-state index in [1.807, 2.05) is 0 Å². The maximum Gasteiger partial charge on any atom is 0.330 e. The number of carbonyl (C=O) groups excluding carboxylic acids is 2. The fourth-order valence-electron chi connectivity index (χ4n) is 1.73. The van der Waals surface area contributed by atoms with Crippen LogP contribution >= 0.6 is 0 Å². The summed E-state index contributed by atoms with van der Waals surface area (Å²) in [5, 5.41) is 2.73. The molecule has 0 aromatic heterocycles. The second kappa shape index (κ2) is 9.52. The molecule has 0 atom stereocenters. The van der Waals surface area contributed by atoms with Crippen molar-refractivity contribution in [3.8, 4) is 0 Å². The first-order valence-electron chi connectivity index (χ1n) is 6.65. The summed E-state index contributed by atoms with van der Waals surface area (Å²) in [6.45, 7) is 7.06. The van der Waals surface area contributed by atoms with Crippen molar-refractivity contribution in [3.63, 3.8) is 0 Å². The van der Waals surface area contributed by atoms with Crippen molar-refractivity contribution >= 4 is 11.9 Å².